The lowest BCUT2D eigenvalue weighted by atomic mass is 10.0. The van der Waals surface area contributed by atoms with Crippen molar-refractivity contribution < 1.29 is 23.9 Å². The Labute approximate surface area is 276 Å². The number of piperidine rings is 1. The summed E-state index contributed by atoms with van der Waals surface area (Å²) in [4.78, 5) is 43.5. The summed E-state index contributed by atoms with van der Waals surface area (Å²) in [6, 6.07) is 11.6. The molecule has 12 heteroatoms. The standard InChI is InChI=1S/C34H44N6O5S/c1-8-26-27(17-35)30(39-31(28(26)18-36)46-20-24-11-9-23(10-12-24)19-37-22(4)41)40-15-13-25(14-16-40)44-32(42)29(21(2)3)38-33(43)45-34(5,6)7/h9-12,21,25,29H,8,13-16,19-20H2,1-7H3,(H,37,41)(H,38,43). The van der Waals surface area contributed by atoms with Gasteiger partial charge in [0.05, 0.1) is 11.1 Å². The largest absolute Gasteiger partial charge is 0.461 e. The number of ether oxygens (including phenoxy) is 2. The number of benzene rings is 1. The molecule has 0 bridgehead atoms. The zero-order valence-electron chi connectivity index (χ0n) is 27.7. The van der Waals surface area contributed by atoms with Crippen LogP contribution in [0.25, 0.3) is 0 Å². The Hall–Kier alpha value is -4.29. The molecule has 0 saturated carbocycles. The number of thioether (sulfide) groups is 1. The van der Waals surface area contributed by atoms with Crippen molar-refractivity contribution in [3.05, 3.63) is 52.1 Å². The van der Waals surface area contributed by atoms with Gasteiger partial charge in [-0.1, -0.05) is 45.0 Å². The van der Waals surface area contributed by atoms with E-state index in [0.717, 1.165) is 11.1 Å². The molecule has 0 spiro atoms. The minimum Gasteiger partial charge on any atom is -0.461 e. The molecule has 0 aliphatic carbocycles. The van der Waals surface area contributed by atoms with Crippen LogP contribution in [0.3, 0.4) is 0 Å². The number of rotatable bonds is 11. The summed E-state index contributed by atoms with van der Waals surface area (Å²) in [6.07, 6.45) is 0.507. The third-order valence-corrected chi connectivity index (χ3v) is 8.43. The molecule has 246 valence electrons. The van der Waals surface area contributed by atoms with E-state index in [1.165, 1.54) is 18.7 Å². The molecule has 1 aromatic heterocycles. The van der Waals surface area contributed by atoms with Gasteiger partial charge in [-0.3, -0.25) is 4.79 Å². The molecule has 1 atom stereocenters. The highest BCUT2D eigenvalue weighted by Crippen LogP contribution is 2.34. The summed E-state index contributed by atoms with van der Waals surface area (Å²) in [7, 11) is 0. The van der Waals surface area contributed by atoms with Crippen LogP contribution >= 0.6 is 11.8 Å². The van der Waals surface area contributed by atoms with Crippen LogP contribution in [0.15, 0.2) is 29.3 Å². The SMILES string of the molecule is CCc1c(C#N)c(SCc2ccc(CNC(C)=O)cc2)nc(N2CCC(OC(=O)C(NC(=O)OC(C)(C)C)C(C)C)CC2)c1C#N. The molecule has 1 unspecified atom stereocenters. The van der Waals surface area contributed by atoms with E-state index in [4.69, 9.17) is 14.5 Å². The lowest BCUT2D eigenvalue weighted by molar-refractivity contribution is -0.153. The van der Waals surface area contributed by atoms with Crippen molar-refractivity contribution in [3.8, 4) is 12.1 Å². The number of aromatic nitrogens is 1. The Kier molecular flexibility index (Phi) is 12.8. The number of hydrogen-bond acceptors (Lipinski definition) is 10. The molecule has 1 aromatic carbocycles. The first-order valence-corrected chi connectivity index (χ1v) is 16.5. The first-order valence-electron chi connectivity index (χ1n) is 15.5. The molecular formula is C34H44N6O5S. The second-order valence-electron chi connectivity index (χ2n) is 12.6. The molecule has 1 aliphatic rings. The maximum absolute atomic E-state index is 13.1. The molecule has 0 radical (unpaired) electrons. The maximum Gasteiger partial charge on any atom is 0.408 e. The van der Waals surface area contributed by atoms with Crippen LogP contribution < -0.4 is 15.5 Å². The van der Waals surface area contributed by atoms with Gasteiger partial charge in [0.1, 0.15) is 40.7 Å². The van der Waals surface area contributed by atoms with Gasteiger partial charge in [0.2, 0.25) is 5.91 Å². The minimum absolute atomic E-state index is 0.0873. The predicted molar refractivity (Wildman–Crippen MR) is 176 cm³/mol. The average molecular weight is 649 g/mol. The highest BCUT2D eigenvalue weighted by molar-refractivity contribution is 7.98. The molecule has 2 heterocycles. The van der Waals surface area contributed by atoms with Crippen molar-refractivity contribution >= 4 is 35.5 Å². The highest BCUT2D eigenvalue weighted by atomic mass is 32.2. The molecule has 11 nitrogen and oxygen atoms in total. The van der Waals surface area contributed by atoms with E-state index in [-0.39, 0.29) is 17.9 Å². The van der Waals surface area contributed by atoms with Crippen molar-refractivity contribution in [3.63, 3.8) is 0 Å². The van der Waals surface area contributed by atoms with Crippen LogP contribution in [0.5, 0.6) is 0 Å². The fourth-order valence-corrected chi connectivity index (χ4v) is 5.96. The van der Waals surface area contributed by atoms with Gasteiger partial charge in [-0.25, -0.2) is 14.6 Å². The number of carbonyl (C=O) groups is 3. The van der Waals surface area contributed by atoms with Crippen molar-refractivity contribution in [1.82, 2.24) is 15.6 Å². The van der Waals surface area contributed by atoms with Crippen molar-refractivity contribution in [2.24, 2.45) is 5.92 Å². The Bertz CT molecular complexity index is 1480. The first-order chi connectivity index (χ1) is 21.8. The highest BCUT2D eigenvalue weighted by Gasteiger charge is 2.32. The fraction of sp³-hybridized carbons (Fsp3) is 0.529. The molecular weight excluding hydrogens is 604 g/mol. The van der Waals surface area contributed by atoms with Crippen LogP contribution in [0.4, 0.5) is 10.6 Å². The van der Waals surface area contributed by atoms with Crippen LogP contribution in [0.2, 0.25) is 0 Å². The average Bonchev–Trinajstić information content (AvgIpc) is 3.00. The Morgan fingerprint density at radius 1 is 1.07 bits per heavy atom. The maximum atomic E-state index is 13.1. The molecule has 1 fully saturated rings. The Morgan fingerprint density at radius 2 is 1.67 bits per heavy atom. The quantitative estimate of drug-likeness (QED) is 0.240. The monoisotopic (exact) mass is 648 g/mol. The second-order valence-corrected chi connectivity index (χ2v) is 13.5. The number of nitrogens with one attached hydrogen (secondary N) is 2. The van der Waals surface area contributed by atoms with Gasteiger partial charge >= 0.3 is 12.1 Å². The molecule has 2 N–H and O–H groups in total. The van der Waals surface area contributed by atoms with Gasteiger partial charge in [0.15, 0.2) is 0 Å². The summed E-state index contributed by atoms with van der Waals surface area (Å²) in [5, 5.41) is 26.2. The third-order valence-electron chi connectivity index (χ3n) is 7.38. The number of alkyl carbamates (subject to hydrolysis) is 1. The Balaban J connectivity index is 1.72. The predicted octanol–water partition coefficient (Wildman–Crippen LogP) is 5.38. The lowest BCUT2D eigenvalue weighted by Gasteiger charge is -2.34. The summed E-state index contributed by atoms with van der Waals surface area (Å²) in [6.45, 7) is 13.8. The minimum atomic E-state index is -0.849. The first kappa shape index (κ1) is 36.2. The number of pyridine rings is 1. The van der Waals surface area contributed by atoms with E-state index in [1.54, 1.807) is 20.8 Å². The van der Waals surface area contributed by atoms with E-state index in [0.29, 0.717) is 72.2 Å². The zero-order valence-corrected chi connectivity index (χ0v) is 28.5. The topological polar surface area (TPSA) is 157 Å². The normalized spacial score (nSPS) is 14.2. The van der Waals surface area contributed by atoms with E-state index in [1.807, 2.05) is 49.9 Å². The van der Waals surface area contributed by atoms with E-state index in [9.17, 15) is 24.9 Å². The molecule has 2 aromatic rings. The van der Waals surface area contributed by atoms with E-state index >= 15 is 0 Å². The summed E-state index contributed by atoms with van der Waals surface area (Å²) >= 11 is 1.45. The fourth-order valence-electron chi connectivity index (χ4n) is 5.00. The van der Waals surface area contributed by atoms with Crippen LogP contribution in [0, 0.1) is 28.6 Å². The number of carbonyl (C=O) groups excluding carboxylic acids is 3. The van der Waals surface area contributed by atoms with Crippen LogP contribution in [0.1, 0.15) is 89.1 Å². The van der Waals surface area contributed by atoms with Gasteiger partial charge in [0, 0.05) is 45.2 Å². The van der Waals surface area contributed by atoms with Crippen molar-refractivity contribution in [2.75, 3.05) is 18.0 Å². The number of esters is 1. The van der Waals surface area contributed by atoms with Gasteiger partial charge in [0.25, 0.3) is 0 Å². The third kappa shape index (κ3) is 10.1. The summed E-state index contributed by atoms with van der Waals surface area (Å²) < 4.78 is 11.1. The van der Waals surface area contributed by atoms with Gasteiger partial charge in [-0.2, -0.15) is 10.5 Å². The van der Waals surface area contributed by atoms with E-state index in [2.05, 4.69) is 22.8 Å². The number of nitrogens with zero attached hydrogens (tertiary/aromatic N) is 4. The van der Waals surface area contributed by atoms with Crippen LogP contribution in [-0.4, -0.2) is 53.8 Å². The van der Waals surface area contributed by atoms with Crippen molar-refractivity contribution in [1.29, 1.82) is 10.5 Å². The zero-order chi connectivity index (χ0) is 34.0. The number of anilines is 1. The van der Waals surface area contributed by atoms with E-state index < -0.39 is 23.7 Å². The molecule has 1 saturated heterocycles. The smallest absolute Gasteiger partial charge is 0.408 e. The number of amides is 2. The summed E-state index contributed by atoms with van der Waals surface area (Å²) in [5.74, 6) is 0.302. The van der Waals surface area contributed by atoms with Crippen molar-refractivity contribution in [2.45, 2.75) is 103 Å². The van der Waals surface area contributed by atoms with Crippen LogP contribution in [-0.2, 0) is 37.8 Å². The number of nitriles is 2. The van der Waals surface area contributed by atoms with Gasteiger partial charge in [-0.15, -0.1) is 11.8 Å². The Morgan fingerprint density at radius 3 is 2.20 bits per heavy atom. The number of hydrogen-bond donors (Lipinski definition) is 2. The second kappa shape index (κ2) is 16.3. The molecule has 1 aliphatic heterocycles. The van der Waals surface area contributed by atoms with Gasteiger partial charge < -0.3 is 25.0 Å². The molecule has 2 amide bonds. The molecule has 3 rings (SSSR count). The summed E-state index contributed by atoms with van der Waals surface area (Å²) in [5.41, 5.74) is 2.81. The van der Waals surface area contributed by atoms with Gasteiger partial charge in [-0.05, 0) is 49.8 Å². The lowest BCUT2D eigenvalue weighted by Crippen LogP contribution is -2.49. The molecule has 46 heavy (non-hydrogen) atoms.